The van der Waals surface area contributed by atoms with Crippen LogP contribution in [0.4, 0.5) is 22.7 Å². The van der Waals surface area contributed by atoms with E-state index in [2.05, 4.69) is 124 Å². The molecule has 0 saturated carbocycles. The predicted molar refractivity (Wildman–Crippen MR) is 186 cm³/mol. The molecule has 0 saturated heterocycles. The molecule has 2 aromatic heterocycles. The zero-order chi connectivity index (χ0) is 29.6. The summed E-state index contributed by atoms with van der Waals surface area (Å²) in [5.74, 6) is 0. The maximum Gasteiger partial charge on any atom is 0.0801 e. The standard InChI is InChI=1S/C21H16N2.C19H14N2/c1-2-6-17(7-3-1)23-18-13-11-16(12-14-18)19-8-4-10-21-20(19)9-5-15-22-21;1-2-8-15(9-3-1)21-18-13-14-7-4-5-10-16(14)19-17(18)11-6-12-20-19/h1-15,23H;1-13,21H. The number of nitrogens with one attached hydrogen (secondary N) is 2. The van der Waals surface area contributed by atoms with E-state index in [0.717, 1.165) is 39.2 Å². The van der Waals surface area contributed by atoms with Crippen LogP contribution in [0.1, 0.15) is 0 Å². The molecule has 4 nitrogen and oxygen atoms in total. The van der Waals surface area contributed by atoms with E-state index >= 15 is 0 Å². The zero-order valence-corrected chi connectivity index (χ0v) is 24.1. The third-order valence-electron chi connectivity index (χ3n) is 7.57. The summed E-state index contributed by atoms with van der Waals surface area (Å²) >= 11 is 0. The van der Waals surface area contributed by atoms with Crippen LogP contribution in [0.25, 0.3) is 43.7 Å². The minimum Gasteiger partial charge on any atom is -0.356 e. The first kappa shape index (κ1) is 26.9. The molecular formula is C40H30N4. The lowest BCUT2D eigenvalue weighted by atomic mass is 10.0. The van der Waals surface area contributed by atoms with E-state index in [4.69, 9.17) is 0 Å². The lowest BCUT2D eigenvalue weighted by Gasteiger charge is -2.12. The molecule has 4 heteroatoms. The van der Waals surface area contributed by atoms with Crippen molar-refractivity contribution in [3.05, 3.63) is 170 Å². The van der Waals surface area contributed by atoms with Gasteiger partial charge in [0, 0.05) is 51.3 Å². The zero-order valence-electron chi connectivity index (χ0n) is 24.1. The molecule has 0 bridgehead atoms. The van der Waals surface area contributed by atoms with Gasteiger partial charge in [0.2, 0.25) is 0 Å². The SMILES string of the molecule is c1ccc(Nc2cc3ccccc3c3ncccc23)cc1.c1ccc(Nc2ccc(-c3cccc4ncccc34)cc2)cc1. The van der Waals surface area contributed by atoms with Gasteiger partial charge in [0.1, 0.15) is 0 Å². The Morgan fingerprint density at radius 2 is 1.02 bits per heavy atom. The van der Waals surface area contributed by atoms with Crippen molar-refractivity contribution in [2.24, 2.45) is 0 Å². The van der Waals surface area contributed by atoms with E-state index in [9.17, 15) is 0 Å². The van der Waals surface area contributed by atoms with Crippen LogP contribution < -0.4 is 10.6 Å². The van der Waals surface area contributed by atoms with Gasteiger partial charge in [-0.15, -0.1) is 0 Å². The minimum atomic E-state index is 1.02. The van der Waals surface area contributed by atoms with Crippen LogP contribution in [0.2, 0.25) is 0 Å². The molecule has 0 aliphatic carbocycles. The van der Waals surface area contributed by atoms with E-state index in [0.29, 0.717) is 0 Å². The van der Waals surface area contributed by atoms with Gasteiger partial charge in [-0.25, -0.2) is 0 Å². The Hall–Kier alpha value is -6.00. The normalized spacial score (nSPS) is 10.7. The first-order chi connectivity index (χ1) is 21.8. The van der Waals surface area contributed by atoms with Crippen molar-refractivity contribution in [2.45, 2.75) is 0 Å². The van der Waals surface area contributed by atoms with Crippen molar-refractivity contribution in [3.63, 3.8) is 0 Å². The number of hydrogen-bond donors (Lipinski definition) is 2. The van der Waals surface area contributed by atoms with E-state index in [1.54, 1.807) is 0 Å². The Labute approximate surface area is 256 Å². The number of para-hydroxylation sites is 2. The van der Waals surface area contributed by atoms with Crippen LogP contribution in [-0.4, -0.2) is 9.97 Å². The molecule has 8 rings (SSSR count). The summed E-state index contributed by atoms with van der Waals surface area (Å²) in [6.45, 7) is 0. The molecule has 0 aliphatic rings. The molecule has 0 unspecified atom stereocenters. The first-order valence-corrected chi connectivity index (χ1v) is 14.7. The minimum absolute atomic E-state index is 1.02. The second-order valence-corrected chi connectivity index (χ2v) is 10.5. The Bertz CT molecular complexity index is 2150. The van der Waals surface area contributed by atoms with Gasteiger partial charge in [0.15, 0.2) is 0 Å². The van der Waals surface area contributed by atoms with Crippen LogP contribution in [0.15, 0.2) is 170 Å². The maximum absolute atomic E-state index is 4.57. The van der Waals surface area contributed by atoms with Gasteiger partial charge in [-0.3, -0.25) is 9.97 Å². The van der Waals surface area contributed by atoms with Gasteiger partial charge in [-0.05, 0) is 83.2 Å². The Morgan fingerprint density at radius 3 is 1.80 bits per heavy atom. The fourth-order valence-corrected chi connectivity index (χ4v) is 5.47. The lowest BCUT2D eigenvalue weighted by Crippen LogP contribution is -1.93. The predicted octanol–water partition coefficient (Wildman–Crippen LogP) is 10.8. The van der Waals surface area contributed by atoms with Gasteiger partial charge >= 0.3 is 0 Å². The summed E-state index contributed by atoms with van der Waals surface area (Å²) in [7, 11) is 0. The second-order valence-electron chi connectivity index (χ2n) is 10.5. The monoisotopic (exact) mass is 566 g/mol. The number of fused-ring (bicyclic) bond motifs is 4. The Kier molecular flexibility index (Phi) is 7.62. The fourth-order valence-electron chi connectivity index (χ4n) is 5.47. The van der Waals surface area contributed by atoms with E-state index in [1.807, 2.05) is 67.0 Å². The molecule has 44 heavy (non-hydrogen) atoms. The summed E-state index contributed by atoms with van der Waals surface area (Å²) in [6.07, 6.45) is 3.68. The molecule has 8 aromatic rings. The molecule has 2 N–H and O–H groups in total. The molecule has 0 atom stereocenters. The molecule has 0 radical (unpaired) electrons. The third kappa shape index (κ3) is 5.83. The third-order valence-corrected chi connectivity index (χ3v) is 7.57. The van der Waals surface area contributed by atoms with Crippen molar-refractivity contribution in [1.29, 1.82) is 0 Å². The molecule has 0 fully saturated rings. The van der Waals surface area contributed by atoms with Crippen molar-refractivity contribution in [3.8, 4) is 11.1 Å². The highest BCUT2D eigenvalue weighted by Crippen LogP contribution is 2.32. The Morgan fingerprint density at radius 1 is 0.409 bits per heavy atom. The molecular weight excluding hydrogens is 536 g/mol. The van der Waals surface area contributed by atoms with Crippen molar-refractivity contribution < 1.29 is 0 Å². The van der Waals surface area contributed by atoms with E-state index in [1.165, 1.54) is 27.3 Å². The largest absolute Gasteiger partial charge is 0.356 e. The highest BCUT2D eigenvalue weighted by atomic mass is 14.9. The topological polar surface area (TPSA) is 49.8 Å². The fraction of sp³-hybridized carbons (Fsp3) is 0. The maximum atomic E-state index is 4.57. The summed E-state index contributed by atoms with van der Waals surface area (Å²) in [5.41, 5.74) is 8.81. The molecule has 2 heterocycles. The second kappa shape index (κ2) is 12.5. The number of aromatic nitrogens is 2. The van der Waals surface area contributed by atoms with Crippen LogP contribution in [-0.2, 0) is 0 Å². The number of nitrogens with zero attached hydrogens (tertiary/aromatic N) is 2. The average molecular weight is 567 g/mol. The number of benzene rings is 6. The smallest absolute Gasteiger partial charge is 0.0801 e. The van der Waals surface area contributed by atoms with E-state index < -0.39 is 0 Å². The van der Waals surface area contributed by atoms with Gasteiger partial charge in [-0.2, -0.15) is 0 Å². The number of hydrogen-bond acceptors (Lipinski definition) is 4. The van der Waals surface area contributed by atoms with Crippen molar-refractivity contribution >= 4 is 55.3 Å². The summed E-state index contributed by atoms with van der Waals surface area (Å²) in [6, 6.07) is 53.9. The van der Waals surface area contributed by atoms with E-state index in [-0.39, 0.29) is 0 Å². The molecule has 0 spiro atoms. The van der Waals surface area contributed by atoms with Crippen molar-refractivity contribution in [2.75, 3.05) is 10.6 Å². The summed E-state index contributed by atoms with van der Waals surface area (Å²) < 4.78 is 0. The van der Waals surface area contributed by atoms with Gasteiger partial charge in [0.05, 0.1) is 11.0 Å². The highest BCUT2D eigenvalue weighted by Gasteiger charge is 2.07. The van der Waals surface area contributed by atoms with Gasteiger partial charge in [-0.1, -0.05) is 91.0 Å². The number of pyridine rings is 2. The quantitative estimate of drug-likeness (QED) is 0.203. The molecule has 0 amide bonds. The average Bonchev–Trinajstić information content (AvgIpc) is 3.10. The van der Waals surface area contributed by atoms with Gasteiger partial charge in [0.25, 0.3) is 0 Å². The van der Waals surface area contributed by atoms with Crippen LogP contribution >= 0.6 is 0 Å². The van der Waals surface area contributed by atoms with Gasteiger partial charge < -0.3 is 10.6 Å². The molecule has 6 aromatic carbocycles. The van der Waals surface area contributed by atoms with Crippen LogP contribution in [0, 0.1) is 0 Å². The molecule has 0 aliphatic heterocycles. The van der Waals surface area contributed by atoms with Crippen LogP contribution in [0.5, 0.6) is 0 Å². The van der Waals surface area contributed by atoms with Crippen LogP contribution in [0.3, 0.4) is 0 Å². The summed E-state index contributed by atoms with van der Waals surface area (Å²) in [5, 5.41) is 11.6. The number of rotatable bonds is 5. The summed E-state index contributed by atoms with van der Waals surface area (Å²) in [4.78, 5) is 9.00. The highest BCUT2D eigenvalue weighted by molar-refractivity contribution is 6.11. The van der Waals surface area contributed by atoms with Crippen molar-refractivity contribution in [1.82, 2.24) is 9.97 Å². The lowest BCUT2D eigenvalue weighted by molar-refractivity contribution is 1.41. The first-order valence-electron chi connectivity index (χ1n) is 14.7. The molecule has 210 valence electrons. The Balaban J connectivity index is 0.000000143. The number of anilines is 4.